The molecule has 3 nitrogen and oxygen atoms in total. The zero-order valence-corrected chi connectivity index (χ0v) is 9.38. The fourth-order valence-corrected chi connectivity index (χ4v) is 2.08. The normalized spacial score (nSPS) is 19.4. The molecule has 1 rings (SSSR count). The number of carboxylic acid groups (broad SMARTS) is 1. The van der Waals surface area contributed by atoms with Crippen molar-refractivity contribution in [2.24, 2.45) is 11.1 Å². The Morgan fingerprint density at radius 2 is 1.79 bits per heavy atom. The standard InChI is InChI=1S/C9H17NO2.C2H6/c10-7-9(6-8(11)12)4-2-1-3-5-9;1-2/h1-7,10H2,(H,11,12);1-2H3. The van der Waals surface area contributed by atoms with Crippen molar-refractivity contribution in [3.8, 4) is 0 Å². The highest BCUT2D eigenvalue weighted by molar-refractivity contribution is 5.67. The Kier molecular flexibility index (Phi) is 6.54. The quantitative estimate of drug-likeness (QED) is 0.737. The summed E-state index contributed by atoms with van der Waals surface area (Å²) in [6.07, 6.45) is 5.77. The molecule has 0 spiro atoms. The van der Waals surface area contributed by atoms with E-state index in [0.29, 0.717) is 6.54 Å². The average molecular weight is 201 g/mol. The van der Waals surface area contributed by atoms with Crippen LogP contribution in [-0.2, 0) is 4.79 Å². The number of nitrogens with two attached hydrogens (primary N) is 1. The van der Waals surface area contributed by atoms with Gasteiger partial charge in [-0.2, -0.15) is 0 Å². The number of aliphatic carboxylic acids is 1. The fourth-order valence-electron chi connectivity index (χ4n) is 2.08. The van der Waals surface area contributed by atoms with Crippen molar-refractivity contribution in [1.82, 2.24) is 0 Å². The summed E-state index contributed by atoms with van der Waals surface area (Å²) in [4.78, 5) is 10.6. The number of carboxylic acids is 1. The van der Waals surface area contributed by atoms with Crippen LogP contribution in [0.15, 0.2) is 0 Å². The van der Waals surface area contributed by atoms with E-state index >= 15 is 0 Å². The summed E-state index contributed by atoms with van der Waals surface area (Å²) in [6.45, 7) is 4.53. The van der Waals surface area contributed by atoms with Gasteiger partial charge in [-0.05, 0) is 24.8 Å². The van der Waals surface area contributed by atoms with Gasteiger partial charge in [-0.1, -0.05) is 33.1 Å². The molecule has 14 heavy (non-hydrogen) atoms. The molecule has 0 saturated heterocycles. The molecule has 0 atom stereocenters. The predicted molar refractivity (Wildman–Crippen MR) is 58.2 cm³/mol. The van der Waals surface area contributed by atoms with E-state index in [0.717, 1.165) is 25.7 Å². The first kappa shape index (κ1) is 13.4. The minimum absolute atomic E-state index is 0.0793. The second-order valence-electron chi connectivity index (χ2n) is 3.84. The second kappa shape index (κ2) is 6.82. The van der Waals surface area contributed by atoms with Crippen LogP contribution in [0.5, 0.6) is 0 Å². The number of carbonyl (C=O) groups is 1. The van der Waals surface area contributed by atoms with Crippen molar-refractivity contribution >= 4 is 5.97 Å². The van der Waals surface area contributed by atoms with Gasteiger partial charge >= 0.3 is 5.97 Å². The van der Waals surface area contributed by atoms with Crippen molar-refractivity contribution in [2.45, 2.75) is 52.4 Å². The lowest BCUT2D eigenvalue weighted by atomic mass is 9.72. The van der Waals surface area contributed by atoms with Gasteiger partial charge < -0.3 is 10.8 Å². The van der Waals surface area contributed by atoms with Gasteiger partial charge in [-0.15, -0.1) is 0 Å². The van der Waals surface area contributed by atoms with Gasteiger partial charge in [0.2, 0.25) is 0 Å². The summed E-state index contributed by atoms with van der Waals surface area (Å²) in [5.74, 6) is -0.706. The average Bonchev–Trinajstić information content (AvgIpc) is 2.21. The van der Waals surface area contributed by atoms with Crippen LogP contribution in [0, 0.1) is 5.41 Å². The molecule has 0 bridgehead atoms. The monoisotopic (exact) mass is 201 g/mol. The molecule has 0 aromatic heterocycles. The maximum Gasteiger partial charge on any atom is 0.303 e. The number of rotatable bonds is 3. The Morgan fingerprint density at radius 3 is 2.14 bits per heavy atom. The first-order chi connectivity index (χ1) is 6.68. The first-order valence-corrected chi connectivity index (χ1v) is 5.60. The van der Waals surface area contributed by atoms with Crippen LogP contribution in [0.4, 0.5) is 0 Å². The molecule has 84 valence electrons. The van der Waals surface area contributed by atoms with Gasteiger partial charge in [0.25, 0.3) is 0 Å². The van der Waals surface area contributed by atoms with Crippen molar-refractivity contribution in [1.29, 1.82) is 0 Å². The minimum atomic E-state index is -0.706. The number of hydrogen-bond donors (Lipinski definition) is 2. The van der Waals surface area contributed by atoms with Gasteiger partial charge in [-0.3, -0.25) is 4.79 Å². The summed E-state index contributed by atoms with van der Waals surface area (Å²) in [7, 11) is 0. The molecule has 1 fully saturated rings. The Labute approximate surface area is 86.7 Å². The van der Waals surface area contributed by atoms with Crippen LogP contribution in [0.3, 0.4) is 0 Å². The maximum absolute atomic E-state index is 10.6. The molecule has 0 aliphatic heterocycles. The maximum atomic E-state index is 10.6. The van der Waals surface area contributed by atoms with Crippen molar-refractivity contribution < 1.29 is 9.90 Å². The molecule has 0 aromatic rings. The largest absolute Gasteiger partial charge is 0.481 e. The minimum Gasteiger partial charge on any atom is -0.481 e. The predicted octanol–water partition coefficient (Wildman–Crippen LogP) is 2.40. The fraction of sp³-hybridized carbons (Fsp3) is 0.909. The molecule has 3 N–H and O–H groups in total. The summed E-state index contributed by atoms with van der Waals surface area (Å²) in [5, 5.41) is 8.71. The summed E-state index contributed by atoms with van der Waals surface area (Å²) in [5.41, 5.74) is 5.54. The van der Waals surface area contributed by atoms with E-state index in [9.17, 15) is 4.79 Å². The third-order valence-corrected chi connectivity index (χ3v) is 2.87. The Balaban J connectivity index is 0.000000791. The first-order valence-electron chi connectivity index (χ1n) is 5.60. The van der Waals surface area contributed by atoms with E-state index < -0.39 is 5.97 Å². The highest BCUT2D eigenvalue weighted by Crippen LogP contribution is 2.38. The van der Waals surface area contributed by atoms with Crippen LogP contribution in [0.2, 0.25) is 0 Å². The zero-order chi connectivity index (χ0) is 11.0. The van der Waals surface area contributed by atoms with E-state index in [-0.39, 0.29) is 11.8 Å². The third kappa shape index (κ3) is 4.09. The molecular formula is C11H23NO2. The van der Waals surface area contributed by atoms with Crippen LogP contribution in [-0.4, -0.2) is 17.6 Å². The number of hydrogen-bond acceptors (Lipinski definition) is 2. The molecule has 3 heteroatoms. The molecule has 0 amide bonds. The van der Waals surface area contributed by atoms with Gasteiger partial charge in [0.05, 0.1) is 6.42 Å². The molecule has 1 aliphatic rings. The van der Waals surface area contributed by atoms with Gasteiger partial charge in [0, 0.05) is 0 Å². The Morgan fingerprint density at radius 1 is 1.29 bits per heavy atom. The molecule has 0 heterocycles. The molecule has 0 radical (unpaired) electrons. The Bertz CT molecular complexity index is 163. The van der Waals surface area contributed by atoms with Crippen LogP contribution in [0.25, 0.3) is 0 Å². The highest BCUT2D eigenvalue weighted by atomic mass is 16.4. The van der Waals surface area contributed by atoms with Crippen LogP contribution in [0.1, 0.15) is 52.4 Å². The topological polar surface area (TPSA) is 63.3 Å². The Hall–Kier alpha value is -0.570. The van der Waals surface area contributed by atoms with E-state index in [2.05, 4.69) is 0 Å². The van der Waals surface area contributed by atoms with Crippen molar-refractivity contribution in [2.75, 3.05) is 6.54 Å². The SMILES string of the molecule is CC.NCC1(CC(=O)O)CCCCC1. The molecule has 0 aromatic carbocycles. The van der Waals surface area contributed by atoms with Crippen LogP contribution >= 0.6 is 0 Å². The zero-order valence-electron chi connectivity index (χ0n) is 9.38. The van der Waals surface area contributed by atoms with Crippen molar-refractivity contribution in [3.63, 3.8) is 0 Å². The smallest absolute Gasteiger partial charge is 0.303 e. The van der Waals surface area contributed by atoms with E-state index in [1.165, 1.54) is 6.42 Å². The second-order valence-corrected chi connectivity index (χ2v) is 3.84. The molecule has 1 aliphatic carbocycles. The molecule has 1 saturated carbocycles. The van der Waals surface area contributed by atoms with Gasteiger partial charge in [0.1, 0.15) is 0 Å². The lowest BCUT2D eigenvalue weighted by Gasteiger charge is -2.34. The van der Waals surface area contributed by atoms with E-state index in [4.69, 9.17) is 10.8 Å². The molecular weight excluding hydrogens is 178 g/mol. The summed E-state index contributed by atoms with van der Waals surface area (Å²) >= 11 is 0. The molecule has 0 unspecified atom stereocenters. The van der Waals surface area contributed by atoms with Gasteiger partial charge in [-0.25, -0.2) is 0 Å². The lowest BCUT2D eigenvalue weighted by Crippen LogP contribution is -2.34. The highest BCUT2D eigenvalue weighted by Gasteiger charge is 2.32. The van der Waals surface area contributed by atoms with Crippen LogP contribution < -0.4 is 5.73 Å². The van der Waals surface area contributed by atoms with E-state index in [1.54, 1.807) is 0 Å². The van der Waals surface area contributed by atoms with Gasteiger partial charge in [0.15, 0.2) is 0 Å². The summed E-state index contributed by atoms with van der Waals surface area (Å²) < 4.78 is 0. The van der Waals surface area contributed by atoms with E-state index in [1.807, 2.05) is 13.8 Å². The lowest BCUT2D eigenvalue weighted by molar-refractivity contribution is -0.140. The summed E-state index contributed by atoms with van der Waals surface area (Å²) in [6, 6.07) is 0. The third-order valence-electron chi connectivity index (χ3n) is 2.87. The van der Waals surface area contributed by atoms with Crippen molar-refractivity contribution in [3.05, 3.63) is 0 Å².